The molecule has 0 saturated heterocycles. The van der Waals surface area contributed by atoms with Crippen LogP contribution in [0.25, 0.3) is 23.0 Å². The van der Waals surface area contributed by atoms with Crippen LogP contribution in [0.3, 0.4) is 0 Å². The third kappa shape index (κ3) is 5.31. The summed E-state index contributed by atoms with van der Waals surface area (Å²) in [7, 11) is 6.58. The van der Waals surface area contributed by atoms with Crippen molar-refractivity contribution >= 4 is 0 Å². The SMILES string of the molecule is COc1cc(Cn2ccnc2-c2cccc(-c3nccn3Cc3cc(OC)cc(OC)c3)n2)cc(OC)c1. The van der Waals surface area contributed by atoms with E-state index < -0.39 is 0 Å². The summed E-state index contributed by atoms with van der Waals surface area (Å²) in [6, 6.07) is 17.5. The summed E-state index contributed by atoms with van der Waals surface area (Å²) in [6.45, 7) is 1.17. The van der Waals surface area contributed by atoms with Crippen LogP contribution < -0.4 is 18.9 Å². The quantitative estimate of drug-likeness (QED) is 0.263. The van der Waals surface area contributed by atoms with Gasteiger partial charge in [-0.1, -0.05) is 6.07 Å². The summed E-state index contributed by atoms with van der Waals surface area (Å²) >= 11 is 0. The number of aromatic nitrogens is 5. The lowest BCUT2D eigenvalue weighted by molar-refractivity contribution is 0.393. The number of rotatable bonds is 10. The van der Waals surface area contributed by atoms with Crippen LogP contribution in [0.4, 0.5) is 0 Å². The van der Waals surface area contributed by atoms with E-state index in [1.807, 2.05) is 67.0 Å². The number of imidazole rings is 2. The Morgan fingerprint density at radius 2 is 0.974 bits per heavy atom. The van der Waals surface area contributed by atoms with Gasteiger partial charge < -0.3 is 28.1 Å². The molecule has 5 rings (SSSR count). The molecule has 0 unspecified atom stereocenters. The second kappa shape index (κ2) is 11.1. The Morgan fingerprint density at radius 3 is 1.34 bits per heavy atom. The summed E-state index contributed by atoms with van der Waals surface area (Å²) in [5, 5.41) is 0. The normalized spacial score (nSPS) is 10.8. The Balaban J connectivity index is 1.43. The maximum atomic E-state index is 5.43. The Labute approximate surface area is 221 Å². The van der Waals surface area contributed by atoms with E-state index in [0.717, 1.165) is 57.2 Å². The van der Waals surface area contributed by atoms with E-state index in [1.165, 1.54) is 0 Å². The number of benzene rings is 2. The van der Waals surface area contributed by atoms with Gasteiger partial charge in [-0.15, -0.1) is 0 Å². The van der Waals surface area contributed by atoms with Gasteiger partial charge >= 0.3 is 0 Å². The fraction of sp³-hybridized carbons (Fsp3) is 0.207. The summed E-state index contributed by atoms with van der Waals surface area (Å²) < 4.78 is 25.8. The fourth-order valence-electron chi connectivity index (χ4n) is 4.33. The highest BCUT2D eigenvalue weighted by Gasteiger charge is 2.14. The van der Waals surface area contributed by atoms with Crippen LogP contribution in [0.15, 0.2) is 79.4 Å². The van der Waals surface area contributed by atoms with E-state index >= 15 is 0 Å². The van der Waals surface area contributed by atoms with Gasteiger partial charge in [-0.25, -0.2) is 15.0 Å². The number of hydrogen-bond acceptors (Lipinski definition) is 7. The largest absolute Gasteiger partial charge is 0.497 e. The molecule has 5 aromatic rings. The molecule has 2 aromatic carbocycles. The zero-order chi connectivity index (χ0) is 26.5. The Morgan fingerprint density at radius 1 is 0.579 bits per heavy atom. The van der Waals surface area contributed by atoms with Gasteiger partial charge in [-0.05, 0) is 47.5 Å². The zero-order valence-electron chi connectivity index (χ0n) is 21.8. The van der Waals surface area contributed by atoms with E-state index in [9.17, 15) is 0 Å². The summed E-state index contributed by atoms with van der Waals surface area (Å²) in [5.41, 5.74) is 3.56. The van der Waals surface area contributed by atoms with Gasteiger partial charge in [0.2, 0.25) is 0 Å². The number of ether oxygens (including phenoxy) is 4. The van der Waals surface area contributed by atoms with Crippen LogP contribution in [-0.2, 0) is 13.1 Å². The number of methoxy groups -OCH3 is 4. The summed E-state index contributed by atoms with van der Waals surface area (Å²) in [6.07, 6.45) is 7.43. The van der Waals surface area contributed by atoms with Crippen molar-refractivity contribution in [3.8, 4) is 46.0 Å². The molecule has 0 bridgehead atoms. The van der Waals surface area contributed by atoms with Crippen molar-refractivity contribution in [2.45, 2.75) is 13.1 Å². The molecule has 3 aromatic heterocycles. The molecule has 0 aliphatic rings. The third-order valence-corrected chi connectivity index (χ3v) is 6.17. The molecule has 0 fully saturated rings. The molecule has 3 heterocycles. The van der Waals surface area contributed by atoms with Crippen molar-refractivity contribution < 1.29 is 18.9 Å². The molecule has 0 atom stereocenters. The smallest absolute Gasteiger partial charge is 0.158 e. The Kier molecular flexibility index (Phi) is 7.26. The maximum Gasteiger partial charge on any atom is 0.158 e. The fourth-order valence-corrected chi connectivity index (χ4v) is 4.33. The zero-order valence-corrected chi connectivity index (χ0v) is 21.8. The lowest BCUT2D eigenvalue weighted by Crippen LogP contribution is -2.05. The monoisotopic (exact) mass is 511 g/mol. The molecule has 0 aliphatic heterocycles. The lowest BCUT2D eigenvalue weighted by atomic mass is 10.2. The highest BCUT2D eigenvalue weighted by atomic mass is 16.5. The number of nitrogens with zero attached hydrogens (tertiary/aromatic N) is 5. The molecule has 0 radical (unpaired) electrons. The van der Waals surface area contributed by atoms with Gasteiger partial charge in [-0.2, -0.15) is 0 Å². The Bertz CT molecular complexity index is 1390. The summed E-state index contributed by atoms with van der Waals surface area (Å²) in [4.78, 5) is 14.1. The average molecular weight is 512 g/mol. The molecule has 9 nitrogen and oxygen atoms in total. The highest BCUT2D eigenvalue weighted by Crippen LogP contribution is 2.27. The first-order valence-electron chi connectivity index (χ1n) is 12.0. The minimum atomic E-state index is 0.584. The molecular formula is C29H29N5O4. The van der Waals surface area contributed by atoms with Gasteiger partial charge in [0.15, 0.2) is 11.6 Å². The Hall–Kier alpha value is -4.79. The van der Waals surface area contributed by atoms with E-state index in [-0.39, 0.29) is 0 Å². The van der Waals surface area contributed by atoms with Crippen LogP contribution in [0.5, 0.6) is 23.0 Å². The average Bonchev–Trinajstić information content (AvgIpc) is 3.62. The van der Waals surface area contributed by atoms with Crippen LogP contribution in [-0.4, -0.2) is 52.5 Å². The molecule has 0 amide bonds. The van der Waals surface area contributed by atoms with E-state index in [1.54, 1.807) is 40.8 Å². The first-order chi connectivity index (χ1) is 18.6. The minimum Gasteiger partial charge on any atom is -0.497 e. The van der Waals surface area contributed by atoms with Gasteiger partial charge in [0.05, 0.1) is 28.4 Å². The maximum absolute atomic E-state index is 5.43. The molecule has 0 aliphatic carbocycles. The number of pyridine rings is 1. The van der Waals surface area contributed by atoms with Crippen LogP contribution in [0.1, 0.15) is 11.1 Å². The second-order valence-corrected chi connectivity index (χ2v) is 8.61. The van der Waals surface area contributed by atoms with Crippen molar-refractivity contribution in [1.29, 1.82) is 0 Å². The first-order valence-corrected chi connectivity index (χ1v) is 12.0. The molecular weight excluding hydrogens is 482 g/mol. The topological polar surface area (TPSA) is 85.5 Å². The summed E-state index contributed by atoms with van der Waals surface area (Å²) in [5.74, 6) is 4.46. The molecule has 0 saturated carbocycles. The standard InChI is InChI=1S/C29H29N5O4/c1-35-22-12-20(13-23(16-22)36-2)18-33-10-8-30-28(33)26-6-5-7-27(32-26)29-31-9-11-34(29)19-21-14-24(37-3)17-25(15-21)38-4/h5-17H,18-19H2,1-4H3. The third-order valence-electron chi connectivity index (χ3n) is 6.17. The molecule has 0 spiro atoms. The van der Waals surface area contributed by atoms with Gasteiger partial charge in [0.1, 0.15) is 34.4 Å². The van der Waals surface area contributed by atoms with Crippen molar-refractivity contribution in [2.75, 3.05) is 28.4 Å². The molecule has 38 heavy (non-hydrogen) atoms. The highest BCUT2D eigenvalue weighted by molar-refractivity contribution is 5.58. The first kappa shape index (κ1) is 24.9. The van der Waals surface area contributed by atoms with E-state index in [4.69, 9.17) is 23.9 Å². The van der Waals surface area contributed by atoms with Crippen molar-refractivity contribution in [3.63, 3.8) is 0 Å². The van der Waals surface area contributed by atoms with Gasteiger partial charge in [-0.3, -0.25) is 0 Å². The van der Waals surface area contributed by atoms with Gasteiger partial charge in [0, 0.05) is 50.0 Å². The number of hydrogen-bond donors (Lipinski definition) is 0. The van der Waals surface area contributed by atoms with E-state index in [0.29, 0.717) is 13.1 Å². The van der Waals surface area contributed by atoms with Gasteiger partial charge in [0.25, 0.3) is 0 Å². The van der Waals surface area contributed by atoms with Crippen LogP contribution in [0.2, 0.25) is 0 Å². The predicted octanol–water partition coefficient (Wildman–Crippen LogP) is 4.94. The lowest BCUT2D eigenvalue weighted by Gasteiger charge is -2.13. The van der Waals surface area contributed by atoms with Crippen LogP contribution >= 0.6 is 0 Å². The second-order valence-electron chi connectivity index (χ2n) is 8.61. The predicted molar refractivity (Wildman–Crippen MR) is 144 cm³/mol. The minimum absolute atomic E-state index is 0.584. The molecule has 0 N–H and O–H groups in total. The molecule has 194 valence electrons. The van der Waals surface area contributed by atoms with Crippen molar-refractivity contribution in [3.05, 3.63) is 90.5 Å². The van der Waals surface area contributed by atoms with E-state index in [2.05, 4.69) is 19.1 Å². The van der Waals surface area contributed by atoms with Crippen LogP contribution in [0, 0.1) is 0 Å². The van der Waals surface area contributed by atoms with Crippen molar-refractivity contribution in [1.82, 2.24) is 24.1 Å². The molecule has 9 heteroatoms. The van der Waals surface area contributed by atoms with Crippen molar-refractivity contribution in [2.24, 2.45) is 0 Å².